The number of carbonyl (C=O) groups excluding carboxylic acids is 3. The summed E-state index contributed by atoms with van der Waals surface area (Å²) < 4.78 is 23.9. The van der Waals surface area contributed by atoms with E-state index in [9.17, 15) is 29.7 Å². The lowest BCUT2D eigenvalue weighted by atomic mass is 9.72. The molecular weight excluding hydrogens is 548 g/mol. The highest BCUT2D eigenvalue weighted by molar-refractivity contribution is 6.32. The van der Waals surface area contributed by atoms with Crippen LogP contribution in [-0.4, -0.2) is 82.8 Å². The first-order valence-corrected chi connectivity index (χ1v) is 14.1. The second kappa shape index (κ2) is 10.7. The van der Waals surface area contributed by atoms with Gasteiger partial charge in [0.25, 0.3) is 0 Å². The zero-order chi connectivity index (χ0) is 29.9. The van der Waals surface area contributed by atoms with Gasteiger partial charge in [-0.15, -0.1) is 0 Å². The van der Waals surface area contributed by atoms with Crippen molar-refractivity contribution >= 4 is 23.0 Å². The third-order valence-electron chi connectivity index (χ3n) is 8.70. The highest BCUT2D eigenvalue weighted by Gasteiger charge is 2.49. The van der Waals surface area contributed by atoms with E-state index in [-0.39, 0.29) is 59.2 Å². The molecule has 12 heteroatoms. The third kappa shape index (κ3) is 4.68. The van der Waals surface area contributed by atoms with E-state index in [0.717, 1.165) is 0 Å². The number of phenols is 2. The Morgan fingerprint density at radius 1 is 1.10 bits per heavy atom. The van der Waals surface area contributed by atoms with E-state index in [0.29, 0.717) is 32.6 Å². The first kappa shape index (κ1) is 28.7. The number of ketones is 3. The van der Waals surface area contributed by atoms with Crippen molar-refractivity contribution in [2.24, 2.45) is 0 Å². The number of rotatable bonds is 5. The lowest BCUT2D eigenvalue weighted by Gasteiger charge is -2.42. The van der Waals surface area contributed by atoms with E-state index < -0.39 is 58.0 Å². The summed E-state index contributed by atoms with van der Waals surface area (Å²) in [4.78, 5) is 39.7. The minimum atomic E-state index is -1.96. The quantitative estimate of drug-likeness (QED) is 0.217. The van der Waals surface area contributed by atoms with E-state index in [1.807, 2.05) is 6.92 Å². The molecule has 12 nitrogen and oxygen atoms in total. The Hall–Kier alpha value is -3.39. The second-order valence-electron chi connectivity index (χ2n) is 11.4. The molecule has 2 heterocycles. The number of benzene rings is 2. The van der Waals surface area contributed by atoms with Crippen LogP contribution >= 0.6 is 0 Å². The van der Waals surface area contributed by atoms with Crippen LogP contribution < -0.4 is 11.1 Å². The summed E-state index contributed by atoms with van der Waals surface area (Å²) in [6, 6.07) is 4.40. The maximum atomic E-state index is 13.6. The van der Waals surface area contributed by atoms with Crippen LogP contribution in [0.3, 0.4) is 0 Å². The zero-order valence-electron chi connectivity index (χ0n) is 23.3. The van der Waals surface area contributed by atoms with Gasteiger partial charge in [0, 0.05) is 48.2 Å². The van der Waals surface area contributed by atoms with Gasteiger partial charge in [0.05, 0.1) is 48.2 Å². The number of nitrogens with one attached hydrogen (secondary N) is 1. The van der Waals surface area contributed by atoms with Crippen LogP contribution in [0.5, 0.6) is 11.5 Å². The lowest BCUT2D eigenvalue weighted by Crippen LogP contribution is -2.49. The Morgan fingerprint density at radius 2 is 1.86 bits per heavy atom. The van der Waals surface area contributed by atoms with Gasteiger partial charge in [-0.05, 0) is 26.3 Å². The van der Waals surface area contributed by atoms with Gasteiger partial charge in [0.2, 0.25) is 0 Å². The molecule has 2 fully saturated rings. The van der Waals surface area contributed by atoms with Gasteiger partial charge in [0.1, 0.15) is 23.3 Å². The number of hydrogen-bond donors (Lipinski definition) is 5. The molecule has 0 unspecified atom stereocenters. The molecule has 0 radical (unpaired) electrons. The fraction of sp³-hybridized carbons (Fsp3) is 0.500. The summed E-state index contributed by atoms with van der Waals surface area (Å²) in [6.45, 7) is 4.79. The largest absolute Gasteiger partial charge is 0.507 e. The van der Waals surface area contributed by atoms with E-state index in [2.05, 4.69) is 5.32 Å². The summed E-state index contributed by atoms with van der Waals surface area (Å²) in [5, 5.41) is 37.5. The molecule has 0 amide bonds. The van der Waals surface area contributed by atoms with Crippen LogP contribution in [-0.2, 0) is 30.2 Å². The third-order valence-corrected chi connectivity index (χ3v) is 8.70. The molecule has 2 aromatic carbocycles. The van der Waals surface area contributed by atoms with E-state index in [1.165, 1.54) is 25.1 Å². The van der Waals surface area contributed by atoms with Crippen molar-refractivity contribution in [3.63, 3.8) is 0 Å². The summed E-state index contributed by atoms with van der Waals surface area (Å²) >= 11 is 0. The Kier molecular flexibility index (Phi) is 7.32. The van der Waals surface area contributed by atoms with E-state index >= 15 is 0 Å². The summed E-state index contributed by atoms with van der Waals surface area (Å²) in [5.74, 6) is -3.15. The van der Waals surface area contributed by atoms with Crippen molar-refractivity contribution in [1.29, 1.82) is 0 Å². The van der Waals surface area contributed by atoms with Crippen LogP contribution in [0.15, 0.2) is 18.2 Å². The van der Waals surface area contributed by atoms with Crippen LogP contribution in [0.1, 0.15) is 82.2 Å². The maximum absolute atomic E-state index is 13.6. The van der Waals surface area contributed by atoms with Crippen LogP contribution in [0.4, 0.5) is 5.69 Å². The predicted octanol–water partition coefficient (Wildman–Crippen LogP) is 1.64. The Labute approximate surface area is 241 Å². The van der Waals surface area contributed by atoms with Crippen molar-refractivity contribution in [2.75, 3.05) is 25.5 Å². The summed E-state index contributed by atoms with van der Waals surface area (Å²) in [7, 11) is 0. The standard InChI is InChI=1S/C30H34N2O10/c1-13-18(41-20-12-39-9-8-32-20)6-7-21(40-13)42-19-11-30(38,14(2)33)10-16-23(19)29(37)25-24(27(16)35)26(34)15-4-3-5-17(31)22(15)28(25)36/h3-5,13,18-21,32,35,37-38H,6-12,31H2,1-2H3/t13-,18-,19-,20+,21-,30-/m0/s1. The molecule has 0 saturated carbocycles. The van der Waals surface area contributed by atoms with Crippen LogP contribution in [0.25, 0.3) is 0 Å². The average molecular weight is 583 g/mol. The molecule has 4 aliphatic rings. The number of nitrogen functional groups attached to an aromatic ring is 1. The number of morpholine rings is 1. The van der Waals surface area contributed by atoms with Gasteiger partial charge in [-0.25, -0.2) is 0 Å². The normalized spacial score (nSPS) is 30.8. The Morgan fingerprint density at radius 3 is 2.55 bits per heavy atom. The Balaban J connectivity index is 1.35. The second-order valence-corrected chi connectivity index (χ2v) is 11.4. The van der Waals surface area contributed by atoms with E-state index in [1.54, 1.807) is 0 Å². The fourth-order valence-corrected chi connectivity index (χ4v) is 6.42. The van der Waals surface area contributed by atoms with Crippen molar-refractivity contribution < 1.29 is 48.7 Å². The molecule has 2 aromatic rings. The number of phenolic OH excluding ortho intramolecular Hbond substituents is 2. The molecule has 2 saturated heterocycles. The molecule has 0 spiro atoms. The maximum Gasteiger partial charge on any atom is 0.200 e. The minimum Gasteiger partial charge on any atom is -0.507 e. The van der Waals surface area contributed by atoms with Gasteiger partial charge >= 0.3 is 0 Å². The monoisotopic (exact) mass is 582 g/mol. The number of ether oxygens (including phenoxy) is 4. The van der Waals surface area contributed by atoms with Crippen molar-refractivity contribution in [2.45, 2.75) is 76.0 Å². The molecular formula is C30H34N2O10. The van der Waals surface area contributed by atoms with Crippen molar-refractivity contribution in [1.82, 2.24) is 5.32 Å². The number of hydrogen-bond acceptors (Lipinski definition) is 12. The number of aromatic hydroxyl groups is 2. The van der Waals surface area contributed by atoms with Gasteiger partial charge in [-0.2, -0.15) is 0 Å². The Bertz CT molecular complexity index is 1470. The highest BCUT2D eigenvalue weighted by atomic mass is 16.7. The lowest BCUT2D eigenvalue weighted by molar-refractivity contribution is -0.258. The molecule has 2 aliphatic carbocycles. The minimum absolute atomic E-state index is 0.0102. The summed E-state index contributed by atoms with van der Waals surface area (Å²) in [5.41, 5.74) is 3.25. The number of Topliss-reactive ketones (excluding diaryl/α,β-unsaturated/α-hetero) is 1. The number of nitrogens with two attached hydrogens (primary N) is 1. The highest BCUT2D eigenvalue weighted by Crippen LogP contribution is 2.52. The summed E-state index contributed by atoms with van der Waals surface area (Å²) in [6.07, 6.45) is -2.52. The van der Waals surface area contributed by atoms with Gasteiger partial charge in [0.15, 0.2) is 23.6 Å². The predicted molar refractivity (Wildman–Crippen MR) is 146 cm³/mol. The number of carbonyl (C=O) groups is 3. The molecule has 6 N–H and O–H groups in total. The van der Waals surface area contributed by atoms with Crippen LogP contribution in [0, 0.1) is 0 Å². The smallest absolute Gasteiger partial charge is 0.200 e. The first-order valence-electron chi connectivity index (χ1n) is 14.1. The van der Waals surface area contributed by atoms with Crippen molar-refractivity contribution in [3.8, 4) is 11.5 Å². The van der Waals surface area contributed by atoms with Gasteiger partial charge < -0.3 is 40.0 Å². The van der Waals surface area contributed by atoms with Crippen molar-refractivity contribution in [3.05, 3.63) is 51.6 Å². The topological polar surface area (TPSA) is 187 Å². The zero-order valence-corrected chi connectivity index (χ0v) is 23.3. The molecule has 6 atom stereocenters. The van der Waals surface area contributed by atoms with Crippen LogP contribution in [0.2, 0.25) is 0 Å². The molecule has 6 rings (SSSR count). The van der Waals surface area contributed by atoms with Gasteiger partial charge in [-0.1, -0.05) is 12.1 Å². The number of anilines is 1. The first-order chi connectivity index (χ1) is 20.0. The number of fused-ring (bicyclic) bond motifs is 3. The molecule has 224 valence electrons. The van der Waals surface area contributed by atoms with E-state index in [4.69, 9.17) is 24.7 Å². The van der Waals surface area contributed by atoms with Gasteiger partial charge in [-0.3, -0.25) is 19.7 Å². The fourth-order valence-electron chi connectivity index (χ4n) is 6.42. The molecule has 0 aromatic heterocycles. The molecule has 0 bridgehead atoms. The average Bonchev–Trinajstić information content (AvgIpc) is 2.95. The SMILES string of the molecule is CC(=O)[C@]1(O)Cc2c(O)c3c(c(O)c2[C@@H](O[C@H]2CC[C@H](O[C@@H]4COCCN4)[C@H](C)O2)C1)C(=O)c1c(N)cccc1C3=O. The molecule has 2 aliphatic heterocycles. The molecule has 42 heavy (non-hydrogen) atoms. The number of aliphatic hydroxyl groups is 1.